The Balaban J connectivity index is 3.20. The first kappa shape index (κ1) is 9.71. The Morgan fingerprint density at radius 2 is 1.77 bits per heavy atom. The molecule has 1 rings (SSSR count). The highest BCUT2D eigenvalue weighted by atomic mass is 19.1. The first-order valence-electron chi connectivity index (χ1n) is 4.05. The molecule has 0 spiro atoms. The third kappa shape index (κ3) is 1.86. The van der Waals surface area contributed by atoms with Crippen LogP contribution in [0.5, 0.6) is 0 Å². The van der Waals surface area contributed by atoms with Crippen LogP contribution in [0.2, 0.25) is 0 Å². The molecule has 0 aliphatic rings. The molecule has 1 aromatic rings. The van der Waals surface area contributed by atoms with Crippen molar-refractivity contribution in [3.05, 3.63) is 34.6 Å². The van der Waals surface area contributed by atoms with Crippen molar-refractivity contribution in [2.45, 2.75) is 13.8 Å². The molecule has 1 amide bonds. The SMILES string of the molecule is CNC(=O)c1cc(C)c(F)c(C)c1. The molecule has 2 nitrogen and oxygen atoms in total. The minimum atomic E-state index is -0.243. The lowest BCUT2D eigenvalue weighted by Gasteiger charge is -2.05. The van der Waals surface area contributed by atoms with Gasteiger partial charge in [0, 0.05) is 12.6 Å². The van der Waals surface area contributed by atoms with Gasteiger partial charge in [-0.3, -0.25) is 4.79 Å². The van der Waals surface area contributed by atoms with Crippen LogP contribution in [-0.4, -0.2) is 13.0 Å². The van der Waals surface area contributed by atoms with Crippen molar-refractivity contribution in [3.63, 3.8) is 0 Å². The van der Waals surface area contributed by atoms with Crippen LogP contribution in [0.15, 0.2) is 12.1 Å². The van der Waals surface area contributed by atoms with Crippen molar-refractivity contribution in [2.75, 3.05) is 7.05 Å². The molecule has 1 N–H and O–H groups in total. The van der Waals surface area contributed by atoms with E-state index in [4.69, 9.17) is 0 Å². The second-order valence-corrected chi connectivity index (χ2v) is 3.00. The molecule has 0 saturated heterocycles. The lowest BCUT2D eigenvalue weighted by Crippen LogP contribution is -2.18. The summed E-state index contributed by atoms with van der Waals surface area (Å²) in [5, 5.41) is 2.49. The predicted molar refractivity (Wildman–Crippen MR) is 49.3 cm³/mol. The van der Waals surface area contributed by atoms with Gasteiger partial charge in [0.05, 0.1) is 0 Å². The number of hydrogen-bond donors (Lipinski definition) is 1. The molecule has 70 valence electrons. The quantitative estimate of drug-likeness (QED) is 0.703. The van der Waals surface area contributed by atoms with Gasteiger partial charge in [-0.05, 0) is 37.1 Å². The summed E-state index contributed by atoms with van der Waals surface area (Å²) in [5.74, 6) is -0.432. The van der Waals surface area contributed by atoms with Gasteiger partial charge in [-0.15, -0.1) is 0 Å². The summed E-state index contributed by atoms with van der Waals surface area (Å²) in [6.07, 6.45) is 0. The Hall–Kier alpha value is -1.38. The fraction of sp³-hybridized carbons (Fsp3) is 0.300. The van der Waals surface area contributed by atoms with E-state index in [0.717, 1.165) is 0 Å². The third-order valence-electron chi connectivity index (χ3n) is 1.93. The van der Waals surface area contributed by atoms with E-state index >= 15 is 0 Å². The molecule has 0 aliphatic carbocycles. The fourth-order valence-corrected chi connectivity index (χ4v) is 1.22. The number of carbonyl (C=O) groups is 1. The Kier molecular flexibility index (Phi) is 2.66. The first-order chi connectivity index (χ1) is 6.06. The maximum Gasteiger partial charge on any atom is 0.251 e. The average Bonchev–Trinajstić information content (AvgIpc) is 2.12. The molecule has 0 atom stereocenters. The number of rotatable bonds is 1. The average molecular weight is 181 g/mol. The number of carbonyl (C=O) groups excluding carboxylic acids is 1. The maximum atomic E-state index is 13.1. The molecule has 0 heterocycles. The van der Waals surface area contributed by atoms with E-state index in [0.29, 0.717) is 16.7 Å². The van der Waals surface area contributed by atoms with Crippen molar-refractivity contribution in [3.8, 4) is 0 Å². The van der Waals surface area contributed by atoms with E-state index in [1.165, 1.54) is 0 Å². The van der Waals surface area contributed by atoms with Gasteiger partial charge in [-0.25, -0.2) is 4.39 Å². The highest BCUT2D eigenvalue weighted by Crippen LogP contribution is 2.14. The van der Waals surface area contributed by atoms with Gasteiger partial charge in [0.25, 0.3) is 5.91 Å². The Morgan fingerprint density at radius 1 is 1.31 bits per heavy atom. The van der Waals surface area contributed by atoms with E-state index in [1.807, 2.05) is 0 Å². The van der Waals surface area contributed by atoms with Crippen LogP contribution in [0.25, 0.3) is 0 Å². The number of hydrogen-bond acceptors (Lipinski definition) is 1. The number of amides is 1. The zero-order valence-corrected chi connectivity index (χ0v) is 7.94. The number of halogens is 1. The molecule has 0 unspecified atom stereocenters. The fourth-order valence-electron chi connectivity index (χ4n) is 1.22. The van der Waals surface area contributed by atoms with Gasteiger partial charge in [0.2, 0.25) is 0 Å². The zero-order chi connectivity index (χ0) is 10.0. The van der Waals surface area contributed by atoms with E-state index in [1.54, 1.807) is 33.0 Å². The van der Waals surface area contributed by atoms with Gasteiger partial charge in [-0.2, -0.15) is 0 Å². The largest absolute Gasteiger partial charge is 0.355 e. The van der Waals surface area contributed by atoms with Crippen LogP contribution in [-0.2, 0) is 0 Å². The normalized spacial score (nSPS) is 9.85. The lowest BCUT2D eigenvalue weighted by molar-refractivity contribution is 0.0963. The van der Waals surface area contributed by atoms with Crippen LogP contribution in [0.4, 0.5) is 4.39 Å². The van der Waals surface area contributed by atoms with Gasteiger partial charge < -0.3 is 5.32 Å². The lowest BCUT2D eigenvalue weighted by atomic mass is 10.1. The summed E-state index contributed by atoms with van der Waals surface area (Å²) < 4.78 is 13.1. The van der Waals surface area contributed by atoms with E-state index in [9.17, 15) is 9.18 Å². The third-order valence-corrected chi connectivity index (χ3v) is 1.93. The van der Waals surface area contributed by atoms with Crippen LogP contribution in [0.1, 0.15) is 21.5 Å². The molecule has 0 aromatic heterocycles. The van der Waals surface area contributed by atoms with Crippen molar-refractivity contribution in [1.82, 2.24) is 5.32 Å². The second-order valence-electron chi connectivity index (χ2n) is 3.00. The van der Waals surface area contributed by atoms with Crippen LogP contribution in [0.3, 0.4) is 0 Å². The van der Waals surface area contributed by atoms with E-state index in [-0.39, 0.29) is 11.7 Å². The smallest absolute Gasteiger partial charge is 0.251 e. The molecular weight excluding hydrogens is 169 g/mol. The van der Waals surface area contributed by atoms with Crippen LogP contribution < -0.4 is 5.32 Å². The van der Waals surface area contributed by atoms with Gasteiger partial charge in [0.15, 0.2) is 0 Å². The molecule has 0 radical (unpaired) electrons. The molecule has 0 fully saturated rings. The minimum absolute atomic E-state index is 0.189. The van der Waals surface area contributed by atoms with Crippen molar-refractivity contribution >= 4 is 5.91 Å². The summed E-state index contributed by atoms with van der Waals surface area (Å²) >= 11 is 0. The molecule has 13 heavy (non-hydrogen) atoms. The Bertz CT molecular complexity index is 324. The number of aryl methyl sites for hydroxylation is 2. The van der Waals surface area contributed by atoms with E-state index < -0.39 is 0 Å². The summed E-state index contributed by atoms with van der Waals surface area (Å²) in [6, 6.07) is 3.09. The summed E-state index contributed by atoms with van der Waals surface area (Å²) in [5.41, 5.74) is 1.50. The highest BCUT2D eigenvalue weighted by molar-refractivity contribution is 5.94. The minimum Gasteiger partial charge on any atom is -0.355 e. The summed E-state index contributed by atoms with van der Waals surface area (Å²) in [7, 11) is 1.55. The van der Waals surface area contributed by atoms with Crippen LogP contribution >= 0.6 is 0 Å². The van der Waals surface area contributed by atoms with Gasteiger partial charge in [0.1, 0.15) is 5.82 Å². The molecule has 0 aliphatic heterocycles. The first-order valence-corrected chi connectivity index (χ1v) is 4.05. The zero-order valence-electron chi connectivity index (χ0n) is 7.94. The monoisotopic (exact) mass is 181 g/mol. The number of benzene rings is 1. The molecule has 0 bridgehead atoms. The van der Waals surface area contributed by atoms with Gasteiger partial charge in [-0.1, -0.05) is 0 Å². The Labute approximate surface area is 76.8 Å². The standard InChI is InChI=1S/C10H12FNO/c1-6-4-8(10(13)12-3)5-7(2)9(6)11/h4-5H,1-3H3,(H,12,13). The van der Waals surface area contributed by atoms with Crippen molar-refractivity contribution < 1.29 is 9.18 Å². The highest BCUT2D eigenvalue weighted by Gasteiger charge is 2.08. The number of nitrogens with one attached hydrogen (secondary N) is 1. The van der Waals surface area contributed by atoms with Crippen LogP contribution in [0, 0.1) is 19.7 Å². The Morgan fingerprint density at radius 3 is 2.15 bits per heavy atom. The van der Waals surface area contributed by atoms with Crippen molar-refractivity contribution in [1.29, 1.82) is 0 Å². The molecular formula is C10H12FNO. The van der Waals surface area contributed by atoms with Crippen molar-refractivity contribution in [2.24, 2.45) is 0 Å². The predicted octanol–water partition coefficient (Wildman–Crippen LogP) is 1.80. The molecule has 1 aromatic carbocycles. The summed E-state index contributed by atoms with van der Waals surface area (Å²) in [4.78, 5) is 11.2. The second kappa shape index (κ2) is 3.56. The molecule has 0 saturated carbocycles. The topological polar surface area (TPSA) is 29.1 Å². The van der Waals surface area contributed by atoms with E-state index in [2.05, 4.69) is 5.32 Å². The molecule has 3 heteroatoms. The van der Waals surface area contributed by atoms with Gasteiger partial charge >= 0.3 is 0 Å². The summed E-state index contributed by atoms with van der Waals surface area (Å²) in [6.45, 7) is 3.30. The maximum absolute atomic E-state index is 13.1.